The molecule has 3 heterocycles. The number of carbonyl (C=O) groups excluding carboxylic acids is 1. The molecule has 0 bridgehead atoms. The Bertz CT molecular complexity index is 500. The van der Waals surface area contributed by atoms with E-state index < -0.39 is 0 Å². The Morgan fingerprint density at radius 1 is 1.33 bits per heavy atom. The van der Waals surface area contributed by atoms with Crippen molar-refractivity contribution >= 4 is 11.7 Å². The van der Waals surface area contributed by atoms with Gasteiger partial charge in [0.1, 0.15) is 5.82 Å². The third-order valence-electron chi connectivity index (χ3n) is 4.34. The van der Waals surface area contributed by atoms with Gasteiger partial charge < -0.3 is 15.0 Å². The van der Waals surface area contributed by atoms with Gasteiger partial charge in [0.05, 0.1) is 11.7 Å². The molecule has 21 heavy (non-hydrogen) atoms. The molecule has 2 aliphatic heterocycles. The number of amides is 1. The van der Waals surface area contributed by atoms with E-state index in [0.29, 0.717) is 6.04 Å². The second-order valence-electron chi connectivity index (χ2n) is 5.85. The molecule has 2 fully saturated rings. The van der Waals surface area contributed by atoms with Crippen LogP contribution in [0.3, 0.4) is 0 Å². The van der Waals surface area contributed by atoms with Gasteiger partial charge in [-0.2, -0.15) is 0 Å². The van der Waals surface area contributed by atoms with Crippen LogP contribution >= 0.6 is 0 Å². The molecule has 2 saturated heterocycles. The van der Waals surface area contributed by atoms with Crippen LogP contribution in [0.2, 0.25) is 0 Å². The number of anilines is 1. The summed E-state index contributed by atoms with van der Waals surface area (Å²) in [5.74, 6) is 1.05. The molecule has 0 aromatic carbocycles. The van der Waals surface area contributed by atoms with Gasteiger partial charge in [-0.25, -0.2) is 4.98 Å². The molecule has 5 nitrogen and oxygen atoms in total. The fourth-order valence-electron chi connectivity index (χ4n) is 3.22. The maximum Gasteiger partial charge on any atom is 0.220 e. The van der Waals surface area contributed by atoms with E-state index in [1.807, 2.05) is 23.1 Å². The second-order valence-corrected chi connectivity index (χ2v) is 5.85. The van der Waals surface area contributed by atoms with Crippen LogP contribution in [-0.4, -0.2) is 41.6 Å². The summed E-state index contributed by atoms with van der Waals surface area (Å²) in [7, 11) is 0. The lowest BCUT2D eigenvalue weighted by Gasteiger charge is -2.25. The summed E-state index contributed by atoms with van der Waals surface area (Å²) in [6.07, 6.45) is 4.11. The lowest BCUT2D eigenvalue weighted by Crippen LogP contribution is -2.30. The van der Waals surface area contributed by atoms with Crippen LogP contribution in [0.1, 0.15) is 44.3 Å². The Morgan fingerprint density at radius 2 is 2.14 bits per heavy atom. The lowest BCUT2D eigenvalue weighted by molar-refractivity contribution is -0.129. The lowest BCUT2D eigenvalue weighted by atomic mass is 10.1. The Labute approximate surface area is 125 Å². The molecule has 1 atom stereocenters. The van der Waals surface area contributed by atoms with Gasteiger partial charge in [-0.05, 0) is 37.8 Å². The molecular formula is C16H23N3O2. The molecule has 5 heteroatoms. The Hall–Kier alpha value is -1.62. The Balaban J connectivity index is 1.71. The quantitative estimate of drug-likeness (QED) is 0.928. The number of carbonyl (C=O) groups is 1. The second kappa shape index (κ2) is 6.43. The van der Waals surface area contributed by atoms with Crippen molar-refractivity contribution < 1.29 is 9.53 Å². The first-order chi connectivity index (χ1) is 10.2. The van der Waals surface area contributed by atoms with E-state index in [9.17, 15) is 4.79 Å². The maximum absolute atomic E-state index is 11.7. The van der Waals surface area contributed by atoms with E-state index in [-0.39, 0.29) is 11.9 Å². The molecule has 3 rings (SSSR count). The van der Waals surface area contributed by atoms with Gasteiger partial charge in [0.15, 0.2) is 0 Å². The smallest absolute Gasteiger partial charge is 0.220 e. The summed E-state index contributed by atoms with van der Waals surface area (Å²) in [4.78, 5) is 18.4. The van der Waals surface area contributed by atoms with E-state index in [0.717, 1.165) is 57.0 Å². The summed E-state index contributed by atoms with van der Waals surface area (Å²) in [5, 5.41) is 3.49. The van der Waals surface area contributed by atoms with Crippen LogP contribution in [0.25, 0.3) is 0 Å². The van der Waals surface area contributed by atoms with Crippen molar-refractivity contribution in [3.8, 4) is 0 Å². The molecule has 114 valence electrons. The van der Waals surface area contributed by atoms with E-state index in [1.54, 1.807) is 6.92 Å². The summed E-state index contributed by atoms with van der Waals surface area (Å²) in [5.41, 5.74) is 1.000. The van der Waals surface area contributed by atoms with E-state index in [2.05, 4.69) is 5.32 Å². The van der Waals surface area contributed by atoms with E-state index in [4.69, 9.17) is 9.72 Å². The number of ether oxygens (including phenoxy) is 1. The van der Waals surface area contributed by atoms with Crippen LogP contribution in [0.5, 0.6) is 0 Å². The maximum atomic E-state index is 11.7. The van der Waals surface area contributed by atoms with Crippen LogP contribution in [0.15, 0.2) is 18.2 Å². The number of rotatable bonds is 3. The molecule has 1 N–H and O–H groups in total. The van der Waals surface area contributed by atoms with Crippen molar-refractivity contribution in [3.05, 3.63) is 23.9 Å². The van der Waals surface area contributed by atoms with Crippen LogP contribution < -0.4 is 5.32 Å². The zero-order valence-corrected chi connectivity index (χ0v) is 12.5. The third kappa shape index (κ3) is 3.35. The highest BCUT2D eigenvalue weighted by Crippen LogP contribution is 2.31. The first-order valence-corrected chi connectivity index (χ1v) is 7.82. The minimum atomic E-state index is 0.138. The normalized spacial score (nSPS) is 23.3. The van der Waals surface area contributed by atoms with Gasteiger partial charge in [0.2, 0.25) is 5.91 Å². The number of nitrogens with zero attached hydrogens (tertiary/aromatic N) is 2. The fraction of sp³-hybridized carbons (Fsp3) is 0.625. The van der Waals surface area contributed by atoms with Crippen molar-refractivity contribution in [1.82, 2.24) is 9.88 Å². The summed E-state index contributed by atoms with van der Waals surface area (Å²) < 4.78 is 5.38. The van der Waals surface area contributed by atoms with Gasteiger partial charge >= 0.3 is 0 Å². The summed E-state index contributed by atoms with van der Waals surface area (Å²) >= 11 is 0. The van der Waals surface area contributed by atoms with Gasteiger partial charge in [-0.15, -0.1) is 0 Å². The van der Waals surface area contributed by atoms with Gasteiger partial charge in [-0.3, -0.25) is 4.79 Å². The van der Waals surface area contributed by atoms with Crippen molar-refractivity contribution in [1.29, 1.82) is 0 Å². The predicted octanol–water partition coefficient (Wildman–Crippen LogP) is 2.36. The highest BCUT2D eigenvalue weighted by Gasteiger charge is 2.29. The number of pyridine rings is 1. The third-order valence-corrected chi connectivity index (χ3v) is 4.34. The first kappa shape index (κ1) is 14.3. The van der Waals surface area contributed by atoms with Crippen molar-refractivity contribution in [2.75, 3.05) is 25.1 Å². The van der Waals surface area contributed by atoms with E-state index >= 15 is 0 Å². The minimum Gasteiger partial charge on any atom is -0.381 e. The van der Waals surface area contributed by atoms with Crippen LogP contribution in [0.4, 0.5) is 5.82 Å². The molecule has 0 aliphatic carbocycles. The zero-order valence-electron chi connectivity index (χ0n) is 12.5. The van der Waals surface area contributed by atoms with Crippen LogP contribution in [0, 0.1) is 0 Å². The predicted molar refractivity (Wildman–Crippen MR) is 81.1 cm³/mol. The molecular weight excluding hydrogens is 266 g/mol. The average Bonchev–Trinajstić information content (AvgIpc) is 2.98. The largest absolute Gasteiger partial charge is 0.381 e. The monoisotopic (exact) mass is 289 g/mol. The minimum absolute atomic E-state index is 0.138. The van der Waals surface area contributed by atoms with Crippen molar-refractivity contribution in [2.24, 2.45) is 0 Å². The van der Waals surface area contributed by atoms with Crippen LogP contribution in [-0.2, 0) is 9.53 Å². The molecule has 0 saturated carbocycles. The average molecular weight is 289 g/mol. The summed E-state index contributed by atoms with van der Waals surface area (Å²) in [6, 6.07) is 6.64. The molecule has 1 unspecified atom stereocenters. The molecule has 1 aromatic heterocycles. The zero-order chi connectivity index (χ0) is 14.7. The molecule has 1 aromatic rings. The SMILES string of the molecule is CC(=O)N1CCCC1c1cccc(NC2CCOCC2)n1. The van der Waals surface area contributed by atoms with E-state index in [1.165, 1.54) is 0 Å². The van der Waals surface area contributed by atoms with Crippen molar-refractivity contribution in [2.45, 2.75) is 44.7 Å². The van der Waals surface area contributed by atoms with Crippen molar-refractivity contribution in [3.63, 3.8) is 0 Å². The highest BCUT2D eigenvalue weighted by atomic mass is 16.5. The molecule has 0 radical (unpaired) electrons. The molecule has 2 aliphatic rings. The summed E-state index contributed by atoms with van der Waals surface area (Å²) in [6.45, 7) is 4.12. The number of hydrogen-bond donors (Lipinski definition) is 1. The highest BCUT2D eigenvalue weighted by molar-refractivity contribution is 5.74. The van der Waals surface area contributed by atoms with Gasteiger partial charge in [0, 0.05) is 32.7 Å². The van der Waals surface area contributed by atoms with Gasteiger partial charge in [0.25, 0.3) is 0 Å². The topological polar surface area (TPSA) is 54.5 Å². The molecule has 1 amide bonds. The number of aromatic nitrogens is 1. The standard InChI is InChI=1S/C16H23N3O2/c1-12(20)19-9-3-5-15(19)14-4-2-6-16(18-14)17-13-7-10-21-11-8-13/h2,4,6,13,15H,3,5,7-11H2,1H3,(H,17,18). The fourth-order valence-corrected chi connectivity index (χ4v) is 3.22. The Morgan fingerprint density at radius 3 is 2.90 bits per heavy atom. The first-order valence-electron chi connectivity index (χ1n) is 7.82. The Kier molecular flexibility index (Phi) is 4.39. The van der Waals surface area contributed by atoms with Gasteiger partial charge in [-0.1, -0.05) is 6.07 Å². The molecule has 0 spiro atoms. The number of hydrogen-bond acceptors (Lipinski definition) is 4. The number of likely N-dealkylation sites (tertiary alicyclic amines) is 1. The number of nitrogens with one attached hydrogen (secondary N) is 1.